The smallest absolute Gasteiger partial charge is 0.103 e. The van der Waals surface area contributed by atoms with E-state index < -0.39 is 0 Å². The third-order valence-corrected chi connectivity index (χ3v) is 12.9. The molecule has 12 aromatic rings. The van der Waals surface area contributed by atoms with Crippen LogP contribution >= 0.6 is 0 Å². The standard InChI is InChI=1S/C45H27N5.C14H14/c1-28-43(48-37-20-8-2-14-29(37)30-15-3-9-21-38(30)48)35(26-46)36(27-47)45(50-41-24-12-6-18-33(41)34-19-7-13-25-42(34)50)44(28)49-39-22-10-4-16-31(39)32-17-5-11-23-40(32)49;1-11-7-3-5-9-13(11)14-10-6-4-8-12(14)2/h2-25H,1H3;3-10H,1-2H3. The van der Waals surface area contributed by atoms with Gasteiger partial charge in [0.25, 0.3) is 0 Å². The molecule has 0 saturated carbocycles. The second kappa shape index (κ2) is 15.4. The monoisotopic (exact) mass is 819 g/mol. The van der Waals surface area contributed by atoms with Crippen molar-refractivity contribution < 1.29 is 0 Å². The quantitative estimate of drug-likeness (QED) is 0.178. The first kappa shape index (κ1) is 38.3. The number of benzene rings is 9. The lowest BCUT2D eigenvalue weighted by atomic mass is 9.96. The van der Waals surface area contributed by atoms with Crippen LogP contribution < -0.4 is 0 Å². The van der Waals surface area contributed by atoms with Gasteiger partial charge in [0.15, 0.2) is 0 Å². The van der Waals surface area contributed by atoms with Gasteiger partial charge in [-0.1, -0.05) is 158 Å². The van der Waals surface area contributed by atoms with Crippen molar-refractivity contribution in [1.29, 1.82) is 10.5 Å². The Bertz CT molecular complexity index is 3710. The molecule has 0 spiro atoms. The maximum absolute atomic E-state index is 11.3. The highest BCUT2D eigenvalue weighted by atomic mass is 15.1. The first-order valence-electron chi connectivity index (χ1n) is 21.6. The van der Waals surface area contributed by atoms with Gasteiger partial charge >= 0.3 is 0 Å². The van der Waals surface area contributed by atoms with Gasteiger partial charge in [-0.3, -0.25) is 0 Å². The second-order valence-corrected chi connectivity index (χ2v) is 16.4. The Hall–Kier alpha value is -8.64. The molecule has 12 rings (SSSR count). The summed E-state index contributed by atoms with van der Waals surface area (Å²) in [5, 5.41) is 29.1. The Morgan fingerprint density at radius 2 is 0.547 bits per heavy atom. The molecule has 0 atom stereocenters. The number of hydrogen-bond acceptors (Lipinski definition) is 2. The summed E-state index contributed by atoms with van der Waals surface area (Å²) < 4.78 is 6.69. The molecule has 0 saturated heterocycles. The minimum absolute atomic E-state index is 0.332. The van der Waals surface area contributed by atoms with Crippen molar-refractivity contribution in [3.8, 4) is 40.3 Å². The lowest BCUT2D eigenvalue weighted by molar-refractivity contribution is 1.04. The van der Waals surface area contributed by atoms with Crippen molar-refractivity contribution in [2.45, 2.75) is 20.8 Å². The second-order valence-electron chi connectivity index (χ2n) is 16.4. The normalized spacial score (nSPS) is 11.3. The fourth-order valence-corrected chi connectivity index (χ4v) is 10.1. The maximum atomic E-state index is 11.3. The van der Waals surface area contributed by atoms with E-state index in [9.17, 15) is 10.5 Å². The molecular weight excluding hydrogens is 779 g/mol. The molecule has 0 radical (unpaired) electrons. The molecule has 5 nitrogen and oxygen atoms in total. The van der Waals surface area contributed by atoms with Gasteiger partial charge < -0.3 is 13.7 Å². The molecule has 3 aromatic heterocycles. The summed E-state index contributed by atoms with van der Waals surface area (Å²) in [6.07, 6.45) is 0. The lowest BCUT2D eigenvalue weighted by Crippen LogP contribution is -2.14. The first-order valence-corrected chi connectivity index (χ1v) is 21.6. The molecule has 0 unspecified atom stereocenters. The number of para-hydroxylation sites is 6. The Labute approximate surface area is 371 Å². The summed E-state index contributed by atoms with van der Waals surface area (Å²) in [6, 6.07) is 72.3. The number of nitrogens with zero attached hydrogens (tertiary/aromatic N) is 5. The Morgan fingerprint density at radius 3 is 0.859 bits per heavy atom. The predicted octanol–water partition coefficient (Wildman–Crippen LogP) is 15.0. The first-order chi connectivity index (χ1) is 31.5. The molecule has 0 amide bonds. The topological polar surface area (TPSA) is 62.4 Å². The average molecular weight is 820 g/mol. The Balaban J connectivity index is 0.000000278. The fourth-order valence-electron chi connectivity index (χ4n) is 10.1. The molecule has 5 heteroatoms. The van der Waals surface area contributed by atoms with E-state index in [0.717, 1.165) is 76.7 Å². The van der Waals surface area contributed by atoms with Gasteiger partial charge in [-0.05, 0) is 79.4 Å². The minimum Gasteiger partial charge on any atom is -0.308 e. The summed E-state index contributed by atoms with van der Waals surface area (Å²) in [7, 11) is 0. The average Bonchev–Trinajstić information content (AvgIpc) is 3.98. The zero-order valence-electron chi connectivity index (χ0n) is 35.7. The minimum atomic E-state index is 0.332. The highest BCUT2D eigenvalue weighted by Crippen LogP contribution is 2.45. The summed E-state index contributed by atoms with van der Waals surface area (Å²) in [5.41, 5.74) is 15.1. The van der Waals surface area contributed by atoms with E-state index in [2.05, 4.69) is 204 Å². The van der Waals surface area contributed by atoms with Crippen LogP contribution in [0, 0.1) is 43.4 Å². The van der Waals surface area contributed by atoms with Gasteiger partial charge in [0.1, 0.15) is 12.1 Å². The molecular formula is C59H41N5. The van der Waals surface area contributed by atoms with Crippen molar-refractivity contribution in [3.05, 3.63) is 222 Å². The van der Waals surface area contributed by atoms with E-state index in [0.29, 0.717) is 22.5 Å². The van der Waals surface area contributed by atoms with Crippen LogP contribution in [0.2, 0.25) is 0 Å². The van der Waals surface area contributed by atoms with Crippen LogP contribution in [0.1, 0.15) is 27.8 Å². The third-order valence-electron chi connectivity index (χ3n) is 12.9. The third kappa shape index (κ3) is 5.76. The molecule has 0 fully saturated rings. The molecule has 0 bridgehead atoms. The van der Waals surface area contributed by atoms with Crippen LogP contribution in [-0.2, 0) is 0 Å². The molecule has 0 aliphatic rings. The van der Waals surface area contributed by atoms with E-state index >= 15 is 0 Å². The van der Waals surface area contributed by atoms with Crippen LogP contribution in [-0.4, -0.2) is 13.7 Å². The lowest BCUT2D eigenvalue weighted by Gasteiger charge is -2.25. The molecule has 0 aliphatic heterocycles. The molecule has 9 aromatic carbocycles. The van der Waals surface area contributed by atoms with Crippen molar-refractivity contribution in [2.24, 2.45) is 0 Å². The van der Waals surface area contributed by atoms with Crippen molar-refractivity contribution in [2.75, 3.05) is 0 Å². The number of aromatic nitrogens is 3. The zero-order valence-corrected chi connectivity index (χ0v) is 35.7. The Kier molecular flexibility index (Phi) is 9.19. The van der Waals surface area contributed by atoms with Crippen LogP contribution in [0.3, 0.4) is 0 Å². The molecule has 0 aliphatic carbocycles. The number of rotatable bonds is 4. The maximum Gasteiger partial charge on any atom is 0.103 e. The Morgan fingerprint density at radius 1 is 0.297 bits per heavy atom. The zero-order chi connectivity index (χ0) is 43.5. The van der Waals surface area contributed by atoms with Gasteiger partial charge in [0, 0.05) is 37.9 Å². The largest absolute Gasteiger partial charge is 0.308 e. The highest BCUT2D eigenvalue weighted by molar-refractivity contribution is 6.13. The van der Waals surface area contributed by atoms with Crippen LogP contribution in [0.15, 0.2) is 194 Å². The van der Waals surface area contributed by atoms with Gasteiger partial charge in [-0.2, -0.15) is 10.5 Å². The number of aryl methyl sites for hydroxylation is 2. The summed E-state index contributed by atoms with van der Waals surface area (Å²) >= 11 is 0. The van der Waals surface area contributed by atoms with E-state index in [1.165, 1.54) is 22.3 Å². The van der Waals surface area contributed by atoms with E-state index in [1.54, 1.807) is 0 Å². The van der Waals surface area contributed by atoms with Gasteiger partial charge in [0.2, 0.25) is 0 Å². The van der Waals surface area contributed by atoms with Crippen molar-refractivity contribution in [3.63, 3.8) is 0 Å². The molecule has 0 N–H and O–H groups in total. The highest BCUT2D eigenvalue weighted by Gasteiger charge is 2.30. The van der Waals surface area contributed by atoms with Crippen LogP contribution in [0.25, 0.3) is 93.6 Å². The number of hydrogen-bond donors (Lipinski definition) is 0. The summed E-state index contributed by atoms with van der Waals surface area (Å²) in [6.45, 7) is 6.42. The van der Waals surface area contributed by atoms with Gasteiger partial charge in [-0.15, -0.1) is 0 Å². The van der Waals surface area contributed by atoms with E-state index in [-0.39, 0.29) is 0 Å². The molecule has 64 heavy (non-hydrogen) atoms. The SMILES string of the molecule is Cc1c(-n2c3ccccc3c3ccccc32)c(C#N)c(C#N)c(-n2c3ccccc3c3ccccc32)c1-n1c2ccccc2c2ccccc21.Cc1ccccc1-c1ccccc1C. The fraction of sp³-hybridized carbons (Fsp3) is 0.0508. The van der Waals surface area contributed by atoms with Gasteiger partial charge in [-0.25, -0.2) is 0 Å². The summed E-state index contributed by atoms with van der Waals surface area (Å²) in [5.74, 6) is 0. The number of fused-ring (bicyclic) bond motifs is 9. The number of nitriles is 2. The van der Waals surface area contributed by atoms with Crippen LogP contribution in [0.5, 0.6) is 0 Å². The van der Waals surface area contributed by atoms with Gasteiger partial charge in [0.05, 0.1) is 61.3 Å². The summed E-state index contributed by atoms with van der Waals surface area (Å²) in [4.78, 5) is 0. The molecule has 302 valence electrons. The molecule has 3 heterocycles. The van der Waals surface area contributed by atoms with Crippen molar-refractivity contribution in [1.82, 2.24) is 13.7 Å². The van der Waals surface area contributed by atoms with Crippen molar-refractivity contribution >= 4 is 65.4 Å². The predicted molar refractivity (Wildman–Crippen MR) is 265 cm³/mol. The van der Waals surface area contributed by atoms with E-state index in [1.807, 2.05) is 36.4 Å². The van der Waals surface area contributed by atoms with E-state index in [4.69, 9.17) is 0 Å². The van der Waals surface area contributed by atoms with Crippen LogP contribution in [0.4, 0.5) is 0 Å².